The molecule has 0 saturated carbocycles. The van der Waals surface area contributed by atoms with Crippen LogP contribution in [0.5, 0.6) is 11.6 Å². The van der Waals surface area contributed by atoms with E-state index in [0.717, 1.165) is 10.0 Å². The lowest BCUT2D eigenvalue weighted by molar-refractivity contribution is 0.448. The average Bonchev–Trinajstić information content (AvgIpc) is 2.41. The minimum Gasteiger partial charge on any atom is -0.437 e. The molecule has 0 fully saturated rings. The third-order valence-electron chi connectivity index (χ3n) is 2.69. The van der Waals surface area contributed by atoms with Crippen molar-refractivity contribution in [2.24, 2.45) is 0 Å². The number of hydrogen-bond acceptors (Lipinski definition) is 3. The predicted octanol–water partition coefficient (Wildman–Crippen LogP) is 4.93. The molecule has 1 aromatic heterocycles. The van der Waals surface area contributed by atoms with Gasteiger partial charge in [-0.25, -0.2) is 9.37 Å². The van der Waals surface area contributed by atoms with E-state index in [-0.39, 0.29) is 5.02 Å². The van der Waals surface area contributed by atoms with Crippen molar-refractivity contribution in [3.05, 3.63) is 51.3 Å². The maximum atomic E-state index is 13.1. The molecule has 1 heterocycles. The summed E-state index contributed by atoms with van der Waals surface area (Å²) in [7, 11) is 0. The number of hydrogen-bond donors (Lipinski definition) is 1. The van der Waals surface area contributed by atoms with Crippen molar-refractivity contribution in [2.75, 3.05) is 0 Å². The highest BCUT2D eigenvalue weighted by atomic mass is 79.9. The van der Waals surface area contributed by atoms with Gasteiger partial charge in [0, 0.05) is 28.8 Å². The van der Waals surface area contributed by atoms with Crippen LogP contribution in [0.1, 0.15) is 19.4 Å². The third-order valence-corrected chi connectivity index (χ3v) is 3.42. The maximum absolute atomic E-state index is 13.1. The second kappa shape index (κ2) is 7.20. The zero-order valence-corrected chi connectivity index (χ0v) is 14.0. The summed E-state index contributed by atoms with van der Waals surface area (Å²) in [6, 6.07) is 6.26. The summed E-state index contributed by atoms with van der Waals surface area (Å²) in [5.41, 5.74) is 0.887. The van der Waals surface area contributed by atoms with E-state index in [1.54, 1.807) is 6.20 Å². The maximum Gasteiger partial charge on any atom is 0.223 e. The van der Waals surface area contributed by atoms with Crippen molar-refractivity contribution in [3.8, 4) is 11.6 Å². The first kappa shape index (κ1) is 16.2. The van der Waals surface area contributed by atoms with Gasteiger partial charge in [-0.15, -0.1) is 0 Å². The molecule has 0 bridgehead atoms. The van der Waals surface area contributed by atoms with Gasteiger partial charge in [0.25, 0.3) is 0 Å². The smallest absolute Gasteiger partial charge is 0.223 e. The Balaban J connectivity index is 2.26. The van der Waals surface area contributed by atoms with Gasteiger partial charge in [-0.1, -0.05) is 25.4 Å². The number of ether oxygens (including phenoxy) is 1. The molecule has 0 atom stereocenters. The number of halogens is 3. The van der Waals surface area contributed by atoms with Crippen LogP contribution in [0.3, 0.4) is 0 Å². The molecule has 1 N–H and O–H groups in total. The lowest BCUT2D eigenvalue weighted by atomic mass is 10.2. The zero-order valence-electron chi connectivity index (χ0n) is 11.7. The molecule has 3 nitrogen and oxygen atoms in total. The van der Waals surface area contributed by atoms with Gasteiger partial charge < -0.3 is 10.1 Å². The quantitative estimate of drug-likeness (QED) is 0.807. The molecule has 0 saturated heterocycles. The number of aromatic nitrogens is 1. The van der Waals surface area contributed by atoms with E-state index in [0.29, 0.717) is 24.2 Å². The lowest BCUT2D eigenvalue weighted by Gasteiger charge is -2.13. The minimum atomic E-state index is -0.405. The second-order valence-corrected chi connectivity index (χ2v) is 6.15. The Bertz CT molecular complexity index is 637. The Labute approximate surface area is 136 Å². The van der Waals surface area contributed by atoms with Gasteiger partial charge in [-0.2, -0.15) is 0 Å². The molecule has 112 valence electrons. The average molecular weight is 374 g/mol. The summed E-state index contributed by atoms with van der Waals surface area (Å²) in [4.78, 5) is 4.25. The summed E-state index contributed by atoms with van der Waals surface area (Å²) in [5.74, 6) is 0.413. The largest absolute Gasteiger partial charge is 0.437 e. The standard InChI is InChI=1S/C15H15BrClFN2O/c1-9(2)19-7-10-5-11(16)8-20-15(10)21-14-4-3-12(18)6-13(14)17/h3-6,8-9,19H,7H2,1-2H3. The zero-order chi connectivity index (χ0) is 15.4. The molecule has 21 heavy (non-hydrogen) atoms. The summed E-state index contributed by atoms with van der Waals surface area (Å²) >= 11 is 9.36. The van der Waals surface area contributed by atoms with Crippen molar-refractivity contribution in [1.82, 2.24) is 10.3 Å². The van der Waals surface area contributed by atoms with Crippen LogP contribution in [0.25, 0.3) is 0 Å². The fourth-order valence-electron chi connectivity index (χ4n) is 1.66. The van der Waals surface area contributed by atoms with Crippen LogP contribution in [0.2, 0.25) is 5.02 Å². The molecular formula is C15H15BrClFN2O. The number of nitrogens with one attached hydrogen (secondary N) is 1. The number of rotatable bonds is 5. The SMILES string of the molecule is CC(C)NCc1cc(Br)cnc1Oc1ccc(F)cc1Cl. The van der Waals surface area contributed by atoms with E-state index >= 15 is 0 Å². The monoisotopic (exact) mass is 372 g/mol. The molecular weight excluding hydrogens is 359 g/mol. The van der Waals surface area contributed by atoms with Gasteiger partial charge in [0.05, 0.1) is 5.02 Å². The van der Waals surface area contributed by atoms with Crippen LogP contribution in [0.15, 0.2) is 34.9 Å². The van der Waals surface area contributed by atoms with Crippen LogP contribution in [0.4, 0.5) is 4.39 Å². The van der Waals surface area contributed by atoms with Crippen LogP contribution >= 0.6 is 27.5 Å². The first-order valence-electron chi connectivity index (χ1n) is 6.46. The predicted molar refractivity (Wildman–Crippen MR) is 85.4 cm³/mol. The highest BCUT2D eigenvalue weighted by Crippen LogP contribution is 2.31. The summed E-state index contributed by atoms with van der Waals surface area (Å²) in [5, 5.41) is 3.52. The molecule has 0 unspecified atom stereocenters. The highest BCUT2D eigenvalue weighted by molar-refractivity contribution is 9.10. The van der Waals surface area contributed by atoms with Crippen molar-refractivity contribution in [1.29, 1.82) is 0 Å². The van der Waals surface area contributed by atoms with Crippen LogP contribution in [-0.2, 0) is 6.54 Å². The van der Waals surface area contributed by atoms with Gasteiger partial charge >= 0.3 is 0 Å². The van der Waals surface area contributed by atoms with Crippen LogP contribution < -0.4 is 10.1 Å². The van der Waals surface area contributed by atoms with E-state index in [9.17, 15) is 4.39 Å². The van der Waals surface area contributed by atoms with Crippen molar-refractivity contribution in [2.45, 2.75) is 26.4 Å². The minimum absolute atomic E-state index is 0.211. The Morgan fingerprint density at radius 2 is 2.14 bits per heavy atom. The Kier molecular flexibility index (Phi) is 5.56. The lowest BCUT2D eigenvalue weighted by Crippen LogP contribution is -2.22. The Morgan fingerprint density at radius 3 is 2.81 bits per heavy atom. The Hall–Kier alpha value is -1.17. The highest BCUT2D eigenvalue weighted by Gasteiger charge is 2.11. The van der Waals surface area contributed by atoms with E-state index in [4.69, 9.17) is 16.3 Å². The molecule has 0 aliphatic heterocycles. The van der Waals surface area contributed by atoms with Crippen LogP contribution in [-0.4, -0.2) is 11.0 Å². The topological polar surface area (TPSA) is 34.2 Å². The fourth-order valence-corrected chi connectivity index (χ4v) is 2.25. The first-order valence-corrected chi connectivity index (χ1v) is 7.63. The summed E-state index contributed by atoms with van der Waals surface area (Å²) < 4.78 is 19.6. The molecule has 0 amide bonds. The molecule has 1 aromatic carbocycles. The van der Waals surface area contributed by atoms with Crippen LogP contribution in [0, 0.1) is 5.82 Å². The second-order valence-electron chi connectivity index (χ2n) is 4.83. The molecule has 0 radical (unpaired) electrons. The number of nitrogens with zero attached hydrogens (tertiary/aromatic N) is 1. The van der Waals surface area contributed by atoms with Gasteiger partial charge in [0.15, 0.2) is 0 Å². The first-order chi connectivity index (χ1) is 9.95. The van der Waals surface area contributed by atoms with Gasteiger partial charge in [0.1, 0.15) is 11.6 Å². The molecule has 2 aromatic rings. The normalized spacial score (nSPS) is 11.0. The van der Waals surface area contributed by atoms with Crippen molar-refractivity contribution < 1.29 is 9.13 Å². The van der Waals surface area contributed by atoms with E-state index in [2.05, 4.69) is 40.1 Å². The molecule has 2 rings (SSSR count). The third kappa shape index (κ3) is 4.66. The van der Waals surface area contributed by atoms with Crippen molar-refractivity contribution in [3.63, 3.8) is 0 Å². The summed E-state index contributed by atoms with van der Waals surface area (Å²) in [6.07, 6.45) is 1.64. The van der Waals surface area contributed by atoms with Gasteiger partial charge in [-0.3, -0.25) is 0 Å². The van der Waals surface area contributed by atoms with E-state index < -0.39 is 5.82 Å². The van der Waals surface area contributed by atoms with Crippen molar-refractivity contribution >= 4 is 27.5 Å². The molecule has 0 aliphatic rings. The number of benzene rings is 1. The van der Waals surface area contributed by atoms with Gasteiger partial charge in [0.2, 0.25) is 5.88 Å². The van der Waals surface area contributed by atoms with E-state index in [1.807, 2.05) is 6.07 Å². The van der Waals surface area contributed by atoms with E-state index in [1.165, 1.54) is 18.2 Å². The molecule has 0 aliphatic carbocycles. The van der Waals surface area contributed by atoms with Gasteiger partial charge in [-0.05, 0) is 40.2 Å². The Morgan fingerprint density at radius 1 is 1.38 bits per heavy atom. The summed E-state index contributed by atoms with van der Waals surface area (Å²) in [6.45, 7) is 4.73. The molecule has 0 spiro atoms. The number of pyridine rings is 1. The fraction of sp³-hybridized carbons (Fsp3) is 0.267. The molecule has 6 heteroatoms.